The molecule has 4 heteroatoms. The maximum atomic E-state index is 10.9. The van der Waals surface area contributed by atoms with E-state index in [0.717, 1.165) is 23.4 Å². The van der Waals surface area contributed by atoms with Crippen LogP contribution in [0.5, 0.6) is 5.75 Å². The second kappa shape index (κ2) is 3.90. The Balaban J connectivity index is 2.48. The second-order valence-electron chi connectivity index (χ2n) is 3.61. The van der Waals surface area contributed by atoms with Crippen molar-refractivity contribution in [2.45, 2.75) is 13.5 Å². The van der Waals surface area contributed by atoms with Gasteiger partial charge in [-0.05, 0) is 24.6 Å². The molecule has 0 unspecified atom stereocenters. The Labute approximate surface area is 87.9 Å². The summed E-state index contributed by atoms with van der Waals surface area (Å²) < 4.78 is 5.56. The van der Waals surface area contributed by atoms with Crippen molar-refractivity contribution in [2.24, 2.45) is 0 Å². The SMILES string of the molecule is Cc1cc(C(=O)O)cc2c1OCCNC2. The average Bonchev–Trinajstić information content (AvgIpc) is 2.42. The first-order valence-electron chi connectivity index (χ1n) is 4.89. The van der Waals surface area contributed by atoms with E-state index in [2.05, 4.69) is 5.32 Å². The van der Waals surface area contributed by atoms with E-state index in [0.29, 0.717) is 18.7 Å². The van der Waals surface area contributed by atoms with Gasteiger partial charge in [-0.1, -0.05) is 0 Å². The largest absolute Gasteiger partial charge is 0.492 e. The fraction of sp³-hybridized carbons (Fsp3) is 0.364. The molecule has 0 aliphatic carbocycles. The standard InChI is InChI=1S/C11H13NO3/c1-7-4-8(11(13)14)5-9-6-12-2-3-15-10(7)9/h4-5,12H,2-3,6H2,1H3,(H,13,14). The van der Waals surface area contributed by atoms with Crippen LogP contribution in [0.4, 0.5) is 0 Å². The Morgan fingerprint density at radius 1 is 1.53 bits per heavy atom. The van der Waals surface area contributed by atoms with Crippen LogP contribution in [0.15, 0.2) is 12.1 Å². The number of aromatic carboxylic acids is 1. The number of hydrogen-bond acceptors (Lipinski definition) is 3. The zero-order chi connectivity index (χ0) is 10.8. The number of ether oxygens (including phenoxy) is 1. The van der Waals surface area contributed by atoms with E-state index in [1.807, 2.05) is 6.92 Å². The fourth-order valence-corrected chi connectivity index (χ4v) is 1.76. The monoisotopic (exact) mass is 207 g/mol. The molecule has 1 aromatic rings. The first-order valence-corrected chi connectivity index (χ1v) is 4.89. The highest BCUT2D eigenvalue weighted by Crippen LogP contribution is 2.26. The Morgan fingerprint density at radius 3 is 3.07 bits per heavy atom. The summed E-state index contributed by atoms with van der Waals surface area (Å²) in [4.78, 5) is 10.9. The predicted molar refractivity (Wildman–Crippen MR) is 55.3 cm³/mol. The summed E-state index contributed by atoms with van der Waals surface area (Å²) in [5.74, 6) is -0.0739. The molecule has 4 nitrogen and oxygen atoms in total. The van der Waals surface area contributed by atoms with E-state index in [9.17, 15) is 4.79 Å². The third-order valence-corrected chi connectivity index (χ3v) is 2.44. The minimum absolute atomic E-state index is 0.318. The minimum atomic E-state index is -0.898. The van der Waals surface area contributed by atoms with E-state index in [1.165, 1.54) is 0 Å². The van der Waals surface area contributed by atoms with Gasteiger partial charge in [0.15, 0.2) is 0 Å². The van der Waals surface area contributed by atoms with Crippen molar-refractivity contribution < 1.29 is 14.6 Å². The van der Waals surface area contributed by atoms with E-state index in [-0.39, 0.29) is 0 Å². The Hall–Kier alpha value is -1.55. The van der Waals surface area contributed by atoms with E-state index in [4.69, 9.17) is 9.84 Å². The number of benzene rings is 1. The van der Waals surface area contributed by atoms with Crippen LogP contribution in [-0.4, -0.2) is 24.2 Å². The highest BCUT2D eigenvalue weighted by molar-refractivity contribution is 5.88. The highest BCUT2D eigenvalue weighted by atomic mass is 16.5. The van der Waals surface area contributed by atoms with Crippen LogP contribution in [0.25, 0.3) is 0 Å². The molecule has 0 aromatic heterocycles. The third kappa shape index (κ3) is 1.94. The van der Waals surface area contributed by atoms with Crippen molar-refractivity contribution >= 4 is 5.97 Å². The van der Waals surface area contributed by atoms with E-state index < -0.39 is 5.97 Å². The van der Waals surface area contributed by atoms with Crippen molar-refractivity contribution in [2.75, 3.05) is 13.2 Å². The molecular formula is C11H13NO3. The van der Waals surface area contributed by atoms with Crippen LogP contribution >= 0.6 is 0 Å². The van der Waals surface area contributed by atoms with Gasteiger partial charge in [-0.15, -0.1) is 0 Å². The number of carbonyl (C=O) groups is 1. The van der Waals surface area contributed by atoms with Crippen LogP contribution < -0.4 is 10.1 Å². The quantitative estimate of drug-likeness (QED) is 0.726. The van der Waals surface area contributed by atoms with Crippen LogP contribution in [0.2, 0.25) is 0 Å². The van der Waals surface area contributed by atoms with Crippen molar-refractivity contribution in [3.63, 3.8) is 0 Å². The van der Waals surface area contributed by atoms with Crippen molar-refractivity contribution in [3.05, 3.63) is 28.8 Å². The Morgan fingerprint density at radius 2 is 2.33 bits per heavy atom. The van der Waals surface area contributed by atoms with Crippen LogP contribution in [0.1, 0.15) is 21.5 Å². The molecule has 2 N–H and O–H groups in total. The summed E-state index contributed by atoms with van der Waals surface area (Å²) in [6.45, 7) is 3.95. The van der Waals surface area contributed by atoms with E-state index >= 15 is 0 Å². The van der Waals surface area contributed by atoms with Gasteiger partial charge in [0.25, 0.3) is 0 Å². The van der Waals surface area contributed by atoms with E-state index in [1.54, 1.807) is 12.1 Å². The lowest BCUT2D eigenvalue weighted by atomic mass is 10.0. The molecule has 0 spiro atoms. The predicted octanol–water partition coefficient (Wildman–Crippen LogP) is 1.18. The van der Waals surface area contributed by atoms with Crippen LogP contribution in [0.3, 0.4) is 0 Å². The average molecular weight is 207 g/mol. The number of fused-ring (bicyclic) bond motifs is 1. The highest BCUT2D eigenvalue weighted by Gasteiger charge is 2.14. The van der Waals surface area contributed by atoms with Crippen LogP contribution in [-0.2, 0) is 6.54 Å². The first kappa shape index (κ1) is 9.98. The molecule has 1 aliphatic heterocycles. The number of hydrogen-bond donors (Lipinski definition) is 2. The summed E-state index contributed by atoms with van der Waals surface area (Å²) in [5.41, 5.74) is 2.12. The van der Waals surface area contributed by atoms with Gasteiger partial charge in [-0.3, -0.25) is 0 Å². The molecule has 2 rings (SSSR count). The molecule has 80 valence electrons. The number of nitrogens with one attached hydrogen (secondary N) is 1. The van der Waals surface area contributed by atoms with Crippen LogP contribution in [0, 0.1) is 6.92 Å². The molecule has 0 bridgehead atoms. The Kier molecular flexibility index (Phi) is 2.60. The normalized spacial score (nSPS) is 15.0. The topological polar surface area (TPSA) is 58.6 Å². The molecule has 0 amide bonds. The molecule has 0 saturated carbocycles. The van der Waals surface area contributed by atoms with Crippen molar-refractivity contribution in [3.8, 4) is 5.75 Å². The van der Waals surface area contributed by atoms with Gasteiger partial charge in [-0.2, -0.15) is 0 Å². The van der Waals surface area contributed by atoms with Gasteiger partial charge < -0.3 is 15.2 Å². The lowest BCUT2D eigenvalue weighted by Crippen LogP contribution is -2.16. The summed E-state index contributed by atoms with van der Waals surface area (Å²) in [7, 11) is 0. The van der Waals surface area contributed by atoms with Crippen molar-refractivity contribution in [1.82, 2.24) is 5.32 Å². The molecule has 0 fully saturated rings. The second-order valence-corrected chi connectivity index (χ2v) is 3.61. The summed E-state index contributed by atoms with van der Waals surface area (Å²) in [6.07, 6.45) is 0. The maximum absolute atomic E-state index is 10.9. The maximum Gasteiger partial charge on any atom is 0.335 e. The molecule has 0 saturated heterocycles. The smallest absolute Gasteiger partial charge is 0.335 e. The summed E-state index contributed by atoms with van der Waals surface area (Å²) in [5, 5.41) is 12.1. The number of carboxylic acids is 1. The third-order valence-electron chi connectivity index (χ3n) is 2.44. The number of aryl methyl sites for hydroxylation is 1. The molecule has 1 aliphatic rings. The lowest BCUT2D eigenvalue weighted by molar-refractivity contribution is 0.0696. The van der Waals surface area contributed by atoms with Gasteiger partial charge in [0.05, 0.1) is 5.56 Å². The van der Waals surface area contributed by atoms with Gasteiger partial charge in [0.2, 0.25) is 0 Å². The molecular weight excluding hydrogens is 194 g/mol. The van der Waals surface area contributed by atoms with Gasteiger partial charge >= 0.3 is 5.97 Å². The zero-order valence-corrected chi connectivity index (χ0v) is 8.54. The van der Waals surface area contributed by atoms with Gasteiger partial charge in [-0.25, -0.2) is 4.79 Å². The molecule has 0 atom stereocenters. The summed E-state index contributed by atoms with van der Waals surface area (Å²) >= 11 is 0. The lowest BCUT2D eigenvalue weighted by Gasteiger charge is -2.10. The fourth-order valence-electron chi connectivity index (χ4n) is 1.76. The van der Waals surface area contributed by atoms with Crippen molar-refractivity contribution in [1.29, 1.82) is 0 Å². The number of rotatable bonds is 1. The molecule has 0 radical (unpaired) electrons. The first-order chi connectivity index (χ1) is 7.18. The molecule has 1 aromatic carbocycles. The number of carboxylic acid groups (broad SMARTS) is 1. The molecule has 15 heavy (non-hydrogen) atoms. The van der Waals surface area contributed by atoms with Gasteiger partial charge in [0.1, 0.15) is 12.4 Å². The summed E-state index contributed by atoms with van der Waals surface area (Å²) in [6, 6.07) is 3.31. The zero-order valence-electron chi connectivity index (χ0n) is 8.54. The Bertz CT molecular complexity index is 401. The molecule has 1 heterocycles. The minimum Gasteiger partial charge on any atom is -0.492 e. The van der Waals surface area contributed by atoms with Gasteiger partial charge in [0, 0.05) is 18.7 Å².